The highest BCUT2D eigenvalue weighted by Gasteiger charge is 2.29. The van der Waals surface area contributed by atoms with Crippen LogP contribution >= 0.6 is 0 Å². The van der Waals surface area contributed by atoms with E-state index >= 15 is 0 Å². The van der Waals surface area contributed by atoms with Crippen molar-refractivity contribution in [1.82, 2.24) is 0 Å². The predicted molar refractivity (Wildman–Crippen MR) is 44.6 cm³/mol. The first-order valence-electron chi connectivity index (χ1n) is 4.07. The maximum absolute atomic E-state index is 8.92. The van der Waals surface area contributed by atoms with Crippen LogP contribution in [0.2, 0.25) is 0 Å². The van der Waals surface area contributed by atoms with Crippen molar-refractivity contribution in [3.05, 3.63) is 0 Å². The molecule has 0 bridgehead atoms. The molecule has 0 rings (SSSR count). The van der Waals surface area contributed by atoms with Crippen LogP contribution in [-0.4, -0.2) is 46.9 Å². The average molecular weight is 178 g/mol. The van der Waals surface area contributed by atoms with Gasteiger partial charge in [0, 0.05) is 12.0 Å². The molecule has 4 N–H and O–H groups in total. The van der Waals surface area contributed by atoms with Crippen LogP contribution in [0.3, 0.4) is 0 Å². The first kappa shape index (κ1) is 11.8. The maximum Gasteiger partial charge on any atom is 0.0531 e. The molecule has 0 aromatic rings. The zero-order valence-electron chi connectivity index (χ0n) is 7.40. The molecular weight excluding hydrogens is 160 g/mol. The lowest BCUT2D eigenvalue weighted by molar-refractivity contribution is -0.0155. The number of aliphatic hydroxyl groups excluding tert-OH is 4. The van der Waals surface area contributed by atoms with Gasteiger partial charge < -0.3 is 20.4 Å². The van der Waals surface area contributed by atoms with Gasteiger partial charge in [0.2, 0.25) is 0 Å². The Balaban J connectivity index is 4.09. The Morgan fingerprint density at radius 2 is 1.42 bits per heavy atom. The molecule has 12 heavy (non-hydrogen) atoms. The number of rotatable bonds is 6. The van der Waals surface area contributed by atoms with Gasteiger partial charge in [0.05, 0.1) is 19.8 Å². The Morgan fingerprint density at radius 3 is 1.67 bits per heavy atom. The van der Waals surface area contributed by atoms with E-state index in [-0.39, 0.29) is 32.3 Å². The van der Waals surface area contributed by atoms with Gasteiger partial charge in [-0.15, -0.1) is 0 Å². The van der Waals surface area contributed by atoms with Gasteiger partial charge in [-0.25, -0.2) is 0 Å². The van der Waals surface area contributed by atoms with Gasteiger partial charge in [0.1, 0.15) is 0 Å². The molecule has 0 aliphatic rings. The minimum absolute atomic E-state index is 0.00174. The van der Waals surface area contributed by atoms with E-state index in [1.54, 1.807) is 6.92 Å². The van der Waals surface area contributed by atoms with Crippen molar-refractivity contribution in [2.45, 2.75) is 13.3 Å². The third kappa shape index (κ3) is 3.06. The molecule has 0 saturated heterocycles. The maximum atomic E-state index is 8.92. The normalized spacial score (nSPS) is 14.8. The molecule has 0 amide bonds. The highest BCUT2D eigenvalue weighted by Crippen LogP contribution is 2.24. The van der Waals surface area contributed by atoms with Crippen molar-refractivity contribution in [3.63, 3.8) is 0 Å². The zero-order valence-corrected chi connectivity index (χ0v) is 7.40. The summed E-state index contributed by atoms with van der Waals surface area (Å²) >= 11 is 0. The van der Waals surface area contributed by atoms with Crippen LogP contribution in [0.1, 0.15) is 13.3 Å². The summed E-state index contributed by atoms with van der Waals surface area (Å²) in [6, 6.07) is 0. The predicted octanol–water partition coefficient (Wildman–Crippen LogP) is -1.03. The smallest absolute Gasteiger partial charge is 0.0531 e. The summed E-state index contributed by atoms with van der Waals surface area (Å²) < 4.78 is 0. The van der Waals surface area contributed by atoms with Crippen molar-refractivity contribution in [1.29, 1.82) is 0 Å². The molecule has 0 fully saturated rings. The molecule has 0 aliphatic carbocycles. The van der Waals surface area contributed by atoms with E-state index in [1.165, 1.54) is 0 Å². The van der Waals surface area contributed by atoms with Crippen molar-refractivity contribution >= 4 is 0 Å². The average Bonchev–Trinajstić information content (AvgIpc) is 2.14. The molecule has 1 atom stereocenters. The van der Waals surface area contributed by atoms with Gasteiger partial charge in [-0.2, -0.15) is 0 Å². The third-order valence-electron chi connectivity index (χ3n) is 2.10. The van der Waals surface area contributed by atoms with E-state index in [0.29, 0.717) is 6.42 Å². The molecule has 4 heteroatoms. The summed E-state index contributed by atoms with van der Waals surface area (Å²) in [4.78, 5) is 0. The molecule has 0 aromatic heterocycles. The van der Waals surface area contributed by atoms with Crippen LogP contribution in [0.25, 0.3) is 0 Å². The standard InChI is InChI=1S/C8H18O4/c1-7(3-9)2-8(4-10,5-11)6-12/h7,9-12H,2-6H2,1H3. The monoisotopic (exact) mass is 178 g/mol. The van der Waals surface area contributed by atoms with Crippen LogP contribution < -0.4 is 0 Å². The largest absolute Gasteiger partial charge is 0.396 e. The lowest BCUT2D eigenvalue weighted by Gasteiger charge is -2.29. The van der Waals surface area contributed by atoms with Crippen LogP contribution in [-0.2, 0) is 0 Å². The van der Waals surface area contributed by atoms with Crippen molar-refractivity contribution in [2.75, 3.05) is 26.4 Å². The van der Waals surface area contributed by atoms with Gasteiger partial charge >= 0.3 is 0 Å². The lowest BCUT2D eigenvalue weighted by atomic mass is 9.82. The van der Waals surface area contributed by atoms with Gasteiger partial charge in [-0.05, 0) is 12.3 Å². The fourth-order valence-corrected chi connectivity index (χ4v) is 1.15. The second kappa shape index (κ2) is 5.48. The molecule has 4 nitrogen and oxygen atoms in total. The topological polar surface area (TPSA) is 80.9 Å². The van der Waals surface area contributed by atoms with E-state index in [0.717, 1.165) is 0 Å². The van der Waals surface area contributed by atoms with Gasteiger partial charge in [-0.3, -0.25) is 0 Å². The summed E-state index contributed by atoms with van der Waals surface area (Å²) in [5.41, 5.74) is -0.845. The summed E-state index contributed by atoms with van der Waals surface area (Å²) in [5, 5.41) is 35.5. The number of hydrogen-bond acceptors (Lipinski definition) is 4. The van der Waals surface area contributed by atoms with Crippen LogP contribution in [0.4, 0.5) is 0 Å². The summed E-state index contributed by atoms with van der Waals surface area (Å²) in [5.74, 6) is -0.0172. The minimum atomic E-state index is -0.845. The van der Waals surface area contributed by atoms with Crippen molar-refractivity contribution in [2.24, 2.45) is 11.3 Å². The van der Waals surface area contributed by atoms with Gasteiger partial charge in [0.15, 0.2) is 0 Å². The minimum Gasteiger partial charge on any atom is -0.396 e. The Morgan fingerprint density at radius 1 is 1.00 bits per heavy atom. The van der Waals surface area contributed by atoms with Crippen molar-refractivity contribution in [3.8, 4) is 0 Å². The quantitative estimate of drug-likeness (QED) is 0.419. The Bertz CT molecular complexity index is 103. The number of aliphatic hydroxyl groups is 4. The molecule has 0 heterocycles. The summed E-state index contributed by atoms with van der Waals surface area (Å²) in [7, 11) is 0. The highest BCUT2D eigenvalue weighted by atomic mass is 16.3. The first-order valence-corrected chi connectivity index (χ1v) is 4.07. The van der Waals surface area contributed by atoms with E-state index in [4.69, 9.17) is 20.4 Å². The van der Waals surface area contributed by atoms with E-state index < -0.39 is 5.41 Å². The van der Waals surface area contributed by atoms with Gasteiger partial charge in [-0.1, -0.05) is 6.92 Å². The van der Waals surface area contributed by atoms with Crippen LogP contribution in [0.15, 0.2) is 0 Å². The van der Waals surface area contributed by atoms with Gasteiger partial charge in [0.25, 0.3) is 0 Å². The molecule has 0 spiro atoms. The summed E-state index contributed by atoms with van der Waals surface area (Å²) in [6.45, 7) is 1.02. The first-order chi connectivity index (χ1) is 5.64. The van der Waals surface area contributed by atoms with E-state index in [1.807, 2.05) is 0 Å². The van der Waals surface area contributed by atoms with E-state index in [2.05, 4.69) is 0 Å². The Hall–Kier alpha value is -0.160. The Kier molecular flexibility index (Phi) is 5.41. The lowest BCUT2D eigenvalue weighted by Crippen LogP contribution is -2.36. The molecule has 0 radical (unpaired) electrons. The molecule has 0 aliphatic heterocycles. The zero-order chi connectivity index (χ0) is 9.61. The van der Waals surface area contributed by atoms with Crippen molar-refractivity contribution < 1.29 is 20.4 Å². The van der Waals surface area contributed by atoms with Crippen LogP contribution in [0, 0.1) is 11.3 Å². The summed E-state index contributed by atoms with van der Waals surface area (Å²) in [6.07, 6.45) is 0.424. The fourth-order valence-electron chi connectivity index (χ4n) is 1.15. The highest BCUT2D eigenvalue weighted by molar-refractivity contribution is 4.78. The SMILES string of the molecule is CC(CO)CC(CO)(CO)CO. The Labute approximate surface area is 72.5 Å². The van der Waals surface area contributed by atoms with E-state index in [9.17, 15) is 0 Å². The molecule has 74 valence electrons. The molecule has 0 aromatic carbocycles. The second-order valence-corrected chi connectivity index (χ2v) is 3.47. The second-order valence-electron chi connectivity index (χ2n) is 3.47. The number of hydrogen-bond donors (Lipinski definition) is 4. The molecule has 0 saturated carbocycles. The molecular formula is C8H18O4. The fraction of sp³-hybridized carbons (Fsp3) is 1.00. The third-order valence-corrected chi connectivity index (χ3v) is 2.10. The molecule has 1 unspecified atom stereocenters. The van der Waals surface area contributed by atoms with Crippen LogP contribution in [0.5, 0.6) is 0 Å².